The van der Waals surface area contributed by atoms with Gasteiger partial charge in [-0.05, 0) is 68.5 Å². The van der Waals surface area contributed by atoms with Gasteiger partial charge >= 0.3 is 6.03 Å². The second-order valence-electron chi connectivity index (χ2n) is 8.31. The second kappa shape index (κ2) is 10.2. The van der Waals surface area contributed by atoms with Crippen LogP contribution >= 0.6 is 11.6 Å². The van der Waals surface area contributed by atoms with Gasteiger partial charge in [0.2, 0.25) is 0 Å². The fraction of sp³-hybridized carbons (Fsp3) is 0.417. The summed E-state index contributed by atoms with van der Waals surface area (Å²) in [5, 5.41) is 9.18. The molecule has 2 saturated heterocycles. The molecule has 2 aromatic carbocycles. The molecule has 3 amide bonds. The van der Waals surface area contributed by atoms with Crippen LogP contribution in [0.5, 0.6) is 0 Å². The number of aryl methyl sites for hydroxylation is 1. The van der Waals surface area contributed by atoms with Crippen LogP contribution in [0.1, 0.15) is 41.6 Å². The van der Waals surface area contributed by atoms with Gasteiger partial charge in [0.25, 0.3) is 5.91 Å². The molecule has 0 saturated carbocycles. The number of amides is 3. The van der Waals surface area contributed by atoms with E-state index in [9.17, 15) is 9.59 Å². The molecule has 4 rings (SSSR count). The van der Waals surface area contributed by atoms with E-state index in [0.29, 0.717) is 28.5 Å². The number of hydrogen-bond acceptors (Lipinski definition) is 4. The lowest BCUT2D eigenvalue weighted by molar-refractivity contribution is 0.0858. The first-order valence-electron chi connectivity index (χ1n) is 11.1. The Kier molecular flexibility index (Phi) is 7.17. The Hall–Kier alpha value is -2.77. The van der Waals surface area contributed by atoms with E-state index >= 15 is 0 Å². The van der Waals surface area contributed by atoms with Crippen LogP contribution in [0.2, 0.25) is 5.02 Å². The Balaban J connectivity index is 1.47. The largest absolute Gasteiger partial charge is 0.376 e. The summed E-state index contributed by atoms with van der Waals surface area (Å²) < 4.78 is 5.62. The fourth-order valence-corrected chi connectivity index (χ4v) is 4.28. The number of benzene rings is 2. The van der Waals surface area contributed by atoms with E-state index in [4.69, 9.17) is 16.3 Å². The number of carbonyl (C=O) groups excluding carboxylic acids is 2. The number of halogens is 1. The SMILES string of the molecule is Cc1ccc(NC(=O)Nc2ccc(N3CCCC3)c(C(=O)NCC3CCCO3)c2)cc1Cl. The van der Waals surface area contributed by atoms with Crippen molar-refractivity contribution in [3.8, 4) is 0 Å². The summed E-state index contributed by atoms with van der Waals surface area (Å²) in [6.07, 6.45) is 4.28. The number of nitrogens with zero attached hydrogens (tertiary/aromatic N) is 1. The molecule has 8 heteroatoms. The first kappa shape index (κ1) is 22.4. The molecule has 2 aromatic rings. The van der Waals surface area contributed by atoms with Gasteiger partial charge in [0.1, 0.15) is 0 Å². The lowest BCUT2D eigenvalue weighted by Gasteiger charge is -2.22. The summed E-state index contributed by atoms with van der Waals surface area (Å²) in [6, 6.07) is 10.4. The summed E-state index contributed by atoms with van der Waals surface area (Å²) in [6.45, 7) is 4.99. The van der Waals surface area contributed by atoms with Crippen molar-refractivity contribution >= 4 is 40.6 Å². The van der Waals surface area contributed by atoms with E-state index in [-0.39, 0.29) is 12.0 Å². The van der Waals surface area contributed by atoms with E-state index in [1.54, 1.807) is 18.2 Å². The predicted octanol–water partition coefficient (Wildman–Crippen LogP) is 4.80. The highest BCUT2D eigenvalue weighted by molar-refractivity contribution is 6.31. The van der Waals surface area contributed by atoms with Crippen LogP contribution in [0.25, 0.3) is 0 Å². The highest BCUT2D eigenvalue weighted by atomic mass is 35.5. The minimum absolute atomic E-state index is 0.0719. The lowest BCUT2D eigenvalue weighted by Crippen LogP contribution is -2.33. The topological polar surface area (TPSA) is 82.7 Å². The molecule has 0 bridgehead atoms. The third-order valence-corrected chi connectivity index (χ3v) is 6.30. The molecular formula is C24H29ClN4O3. The van der Waals surface area contributed by atoms with Crippen LogP contribution in [-0.4, -0.2) is 44.3 Å². The normalized spacial score (nSPS) is 17.9. The molecule has 1 unspecified atom stereocenters. The molecule has 0 radical (unpaired) electrons. The highest BCUT2D eigenvalue weighted by Crippen LogP contribution is 2.28. The van der Waals surface area contributed by atoms with Gasteiger partial charge in [0.15, 0.2) is 0 Å². The predicted molar refractivity (Wildman–Crippen MR) is 128 cm³/mol. The number of ether oxygens (including phenoxy) is 1. The van der Waals surface area contributed by atoms with E-state index < -0.39 is 6.03 Å². The zero-order valence-electron chi connectivity index (χ0n) is 18.2. The molecule has 2 aliphatic heterocycles. The van der Waals surface area contributed by atoms with Gasteiger partial charge in [-0.15, -0.1) is 0 Å². The minimum Gasteiger partial charge on any atom is -0.376 e. The van der Waals surface area contributed by atoms with Crippen molar-refractivity contribution < 1.29 is 14.3 Å². The molecular weight excluding hydrogens is 428 g/mol. The van der Waals surface area contributed by atoms with Crippen LogP contribution in [0.3, 0.4) is 0 Å². The quantitative estimate of drug-likeness (QED) is 0.583. The van der Waals surface area contributed by atoms with Crippen LogP contribution in [-0.2, 0) is 4.74 Å². The zero-order chi connectivity index (χ0) is 22.5. The molecule has 2 heterocycles. The van der Waals surface area contributed by atoms with Crippen LogP contribution < -0.4 is 20.9 Å². The van der Waals surface area contributed by atoms with Crippen molar-refractivity contribution in [1.82, 2.24) is 5.32 Å². The second-order valence-corrected chi connectivity index (χ2v) is 8.72. The van der Waals surface area contributed by atoms with Crippen molar-refractivity contribution in [3.05, 3.63) is 52.5 Å². The summed E-state index contributed by atoms with van der Waals surface area (Å²) >= 11 is 6.14. The van der Waals surface area contributed by atoms with E-state index in [2.05, 4.69) is 20.9 Å². The Morgan fingerprint density at radius 2 is 1.78 bits per heavy atom. The molecule has 2 fully saturated rings. The van der Waals surface area contributed by atoms with E-state index in [1.807, 2.05) is 25.1 Å². The third kappa shape index (κ3) is 5.53. The van der Waals surface area contributed by atoms with Crippen molar-refractivity contribution in [2.45, 2.75) is 38.7 Å². The Morgan fingerprint density at radius 1 is 1.06 bits per heavy atom. The zero-order valence-corrected chi connectivity index (χ0v) is 19.0. The summed E-state index contributed by atoms with van der Waals surface area (Å²) in [7, 11) is 0. The molecule has 0 spiro atoms. The van der Waals surface area contributed by atoms with E-state index in [1.165, 1.54) is 0 Å². The average molecular weight is 457 g/mol. The van der Waals surface area contributed by atoms with Gasteiger partial charge < -0.3 is 25.6 Å². The number of nitrogens with one attached hydrogen (secondary N) is 3. The maximum Gasteiger partial charge on any atom is 0.323 e. The van der Waals surface area contributed by atoms with Crippen LogP contribution in [0.4, 0.5) is 21.9 Å². The van der Waals surface area contributed by atoms with Gasteiger partial charge in [0, 0.05) is 48.3 Å². The van der Waals surface area contributed by atoms with Gasteiger partial charge in [-0.25, -0.2) is 4.79 Å². The average Bonchev–Trinajstić information content (AvgIpc) is 3.49. The third-order valence-electron chi connectivity index (χ3n) is 5.89. The molecule has 32 heavy (non-hydrogen) atoms. The molecule has 0 aliphatic carbocycles. The van der Waals surface area contributed by atoms with Crippen LogP contribution in [0, 0.1) is 6.92 Å². The maximum absolute atomic E-state index is 13.0. The van der Waals surface area contributed by atoms with Crippen molar-refractivity contribution in [2.75, 3.05) is 41.8 Å². The number of anilines is 3. The number of urea groups is 1. The summed E-state index contributed by atoms with van der Waals surface area (Å²) in [5.74, 6) is -0.156. The fourth-order valence-electron chi connectivity index (χ4n) is 4.10. The Bertz CT molecular complexity index is 985. The number of hydrogen-bond donors (Lipinski definition) is 3. The van der Waals surface area contributed by atoms with Gasteiger partial charge in [-0.1, -0.05) is 17.7 Å². The molecule has 2 aliphatic rings. The van der Waals surface area contributed by atoms with Crippen molar-refractivity contribution in [3.63, 3.8) is 0 Å². The maximum atomic E-state index is 13.0. The lowest BCUT2D eigenvalue weighted by atomic mass is 10.1. The standard InChI is InChI=1S/C24H29ClN4O3/c1-16-6-7-18(14-21(16)25)28-24(31)27-17-8-9-22(29-10-2-3-11-29)20(13-17)23(30)26-15-19-5-4-12-32-19/h6-9,13-14,19H,2-5,10-12,15H2,1H3,(H,26,30)(H2,27,28,31). The summed E-state index contributed by atoms with van der Waals surface area (Å²) in [4.78, 5) is 27.8. The Morgan fingerprint density at radius 3 is 2.47 bits per heavy atom. The minimum atomic E-state index is -0.399. The summed E-state index contributed by atoms with van der Waals surface area (Å²) in [5.41, 5.74) is 3.53. The van der Waals surface area contributed by atoms with Gasteiger partial charge in [0.05, 0.1) is 11.7 Å². The molecule has 3 N–H and O–H groups in total. The number of carbonyl (C=O) groups is 2. The van der Waals surface area contributed by atoms with Gasteiger partial charge in [-0.3, -0.25) is 4.79 Å². The highest BCUT2D eigenvalue weighted by Gasteiger charge is 2.22. The number of rotatable bonds is 6. The van der Waals surface area contributed by atoms with Crippen molar-refractivity contribution in [1.29, 1.82) is 0 Å². The molecule has 7 nitrogen and oxygen atoms in total. The first-order valence-corrected chi connectivity index (χ1v) is 11.5. The monoisotopic (exact) mass is 456 g/mol. The van der Waals surface area contributed by atoms with Crippen molar-refractivity contribution in [2.24, 2.45) is 0 Å². The molecule has 170 valence electrons. The first-order chi connectivity index (χ1) is 15.5. The molecule has 1 atom stereocenters. The molecule has 0 aromatic heterocycles. The smallest absolute Gasteiger partial charge is 0.323 e. The Labute approximate surface area is 193 Å². The van der Waals surface area contributed by atoms with Crippen LogP contribution in [0.15, 0.2) is 36.4 Å². The van der Waals surface area contributed by atoms with E-state index in [0.717, 1.165) is 56.6 Å². The van der Waals surface area contributed by atoms with Gasteiger partial charge in [-0.2, -0.15) is 0 Å².